The van der Waals surface area contributed by atoms with E-state index in [0.29, 0.717) is 5.88 Å². The summed E-state index contributed by atoms with van der Waals surface area (Å²) in [6.45, 7) is 1.63. The van der Waals surface area contributed by atoms with Gasteiger partial charge in [0.05, 0.1) is 36.2 Å². The van der Waals surface area contributed by atoms with E-state index in [1.165, 1.54) is 0 Å². The van der Waals surface area contributed by atoms with Gasteiger partial charge in [0.2, 0.25) is 11.8 Å². The van der Waals surface area contributed by atoms with E-state index in [1.54, 1.807) is 19.5 Å². The number of anilines is 1. The third-order valence-corrected chi connectivity index (χ3v) is 4.52. The molecule has 4 rings (SSSR count). The highest BCUT2D eigenvalue weighted by atomic mass is 16.5. The molecule has 0 aromatic carbocycles. The van der Waals surface area contributed by atoms with E-state index < -0.39 is 0 Å². The van der Waals surface area contributed by atoms with Gasteiger partial charge in [-0.3, -0.25) is 4.98 Å². The minimum atomic E-state index is 0.271. The summed E-state index contributed by atoms with van der Waals surface area (Å²) in [5.41, 5.74) is 3.53. The van der Waals surface area contributed by atoms with Crippen molar-refractivity contribution in [2.75, 3.05) is 25.6 Å². The van der Waals surface area contributed by atoms with Gasteiger partial charge in [-0.05, 0) is 31.0 Å². The molecule has 130 valence electrons. The smallest absolute Gasteiger partial charge is 0.222 e. The zero-order valence-electron chi connectivity index (χ0n) is 14.4. The highest BCUT2D eigenvalue weighted by molar-refractivity contribution is 5.82. The molecule has 1 fully saturated rings. The summed E-state index contributed by atoms with van der Waals surface area (Å²) in [5, 5.41) is 3.39. The molecule has 25 heavy (non-hydrogen) atoms. The third kappa shape index (κ3) is 3.02. The van der Waals surface area contributed by atoms with Crippen LogP contribution in [0.25, 0.3) is 22.3 Å². The van der Waals surface area contributed by atoms with Crippen LogP contribution in [0.3, 0.4) is 0 Å². The zero-order chi connectivity index (χ0) is 17.2. The Morgan fingerprint density at radius 1 is 1.40 bits per heavy atom. The zero-order valence-corrected chi connectivity index (χ0v) is 14.4. The maximum absolute atomic E-state index is 5.66. The minimum Gasteiger partial charge on any atom is -0.481 e. The fourth-order valence-corrected chi connectivity index (χ4v) is 3.16. The summed E-state index contributed by atoms with van der Waals surface area (Å²) in [7, 11) is 3.61. The molecule has 7 nitrogen and oxygen atoms in total. The van der Waals surface area contributed by atoms with Gasteiger partial charge in [-0.2, -0.15) is 0 Å². The lowest BCUT2D eigenvalue weighted by Gasteiger charge is -2.11. The van der Waals surface area contributed by atoms with Gasteiger partial charge in [-0.25, -0.2) is 9.97 Å². The van der Waals surface area contributed by atoms with Gasteiger partial charge in [0.15, 0.2) is 0 Å². The summed E-state index contributed by atoms with van der Waals surface area (Å²) in [6, 6.07) is 5.84. The lowest BCUT2D eigenvalue weighted by Crippen LogP contribution is -2.20. The maximum Gasteiger partial charge on any atom is 0.222 e. The monoisotopic (exact) mass is 339 g/mol. The second-order valence-corrected chi connectivity index (χ2v) is 6.13. The van der Waals surface area contributed by atoms with Crippen LogP contribution in [0.2, 0.25) is 0 Å². The molecule has 0 spiro atoms. The lowest BCUT2D eigenvalue weighted by molar-refractivity contribution is 0.120. The first-order chi connectivity index (χ1) is 12.3. The van der Waals surface area contributed by atoms with Crippen LogP contribution in [0.1, 0.15) is 12.8 Å². The van der Waals surface area contributed by atoms with Gasteiger partial charge in [0, 0.05) is 26.4 Å². The van der Waals surface area contributed by atoms with Gasteiger partial charge < -0.3 is 19.4 Å². The van der Waals surface area contributed by atoms with Crippen LogP contribution in [-0.2, 0) is 11.8 Å². The molecule has 0 amide bonds. The molecule has 3 aromatic heterocycles. The predicted octanol–water partition coefficient (Wildman–Crippen LogP) is 2.63. The van der Waals surface area contributed by atoms with Crippen molar-refractivity contribution in [1.82, 2.24) is 19.5 Å². The number of rotatable bonds is 5. The third-order valence-electron chi connectivity index (χ3n) is 4.52. The molecule has 1 aliphatic heterocycles. The number of ether oxygens (including phenoxy) is 2. The number of fused-ring (bicyclic) bond motifs is 1. The number of hydrogen-bond donors (Lipinski definition) is 1. The largest absolute Gasteiger partial charge is 0.481 e. The van der Waals surface area contributed by atoms with E-state index in [0.717, 1.165) is 54.2 Å². The van der Waals surface area contributed by atoms with Crippen LogP contribution in [0.5, 0.6) is 5.88 Å². The number of nitrogens with one attached hydrogen (secondary N) is 1. The summed E-state index contributed by atoms with van der Waals surface area (Å²) in [5.74, 6) is 1.39. The van der Waals surface area contributed by atoms with Crippen molar-refractivity contribution < 1.29 is 9.47 Å². The molecule has 7 heteroatoms. The number of aryl methyl sites for hydroxylation is 1. The van der Waals surface area contributed by atoms with Crippen molar-refractivity contribution in [2.24, 2.45) is 7.05 Å². The Hall–Kier alpha value is -2.67. The Balaban J connectivity index is 1.65. The molecule has 4 heterocycles. The highest BCUT2D eigenvalue weighted by Gasteiger charge is 2.17. The van der Waals surface area contributed by atoms with E-state index in [2.05, 4.69) is 20.3 Å². The normalized spacial score (nSPS) is 17.1. The Kier molecular flexibility index (Phi) is 4.23. The first-order valence-electron chi connectivity index (χ1n) is 8.43. The number of imidazole rings is 1. The van der Waals surface area contributed by atoms with Gasteiger partial charge in [-0.1, -0.05) is 0 Å². The van der Waals surface area contributed by atoms with Gasteiger partial charge in [0.25, 0.3) is 0 Å². The summed E-state index contributed by atoms with van der Waals surface area (Å²) >= 11 is 0. The summed E-state index contributed by atoms with van der Waals surface area (Å²) in [6.07, 6.45) is 6.00. The van der Waals surface area contributed by atoms with Gasteiger partial charge in [-0.15, -0.1) is 0 Å². The number of pyridine rings is 2. The first-order valence-corrected chi connectivity index (χ1v) is 8.43. The van der Waals surface area contributed by atoms with Crippen LogP contribution in [0.4, 0.5) is 5.95 Å². The van der Waals surface area contributed by atoms with Crippen molar-refractivity contribution in [3.8, 4) is 17.1 Å². The molecule has 1 saturated heterocycles. The molecule has 0 aliphatic carbocycles. The van der Waals surface area contributed by atoms with E-state index in [1.807, 2.05) is 29.8 Å². The maximum atomic E-state index is 5.66. The van der Waals surface area contributed by atoms with Crippen LogP contribution in [0, 0.1) is 0 Å². The fraction of sp³-hybridized carbons (Fsp3) is 0.389. The molecule has 1 N–H and O–H groups in total. The van der Waals surface area contributed by atoms with Crippen LogP contribution >= 0.6 is 0 Å². The topological polar surface area (TPSA) is 74.1 Å². The van der Waals surface area contributed by atoms with E-state index in [-0.39, 0.29) is 6.10 Å². The number of nitrogens with zero attached hydrogens (tertiary/aromatic N) is 4. The van der Waals surface area contributed by atoms with Crippen molar-refractivity contribution >= 4 is 17.0 Å². The molecular formula is C18H21N5O2. The number of methoxy groups -OCH3 is 1. The van der Waals surface area contributed by atoms with Crippen molar-refractivity contribution in [1.29, 1.82) is 0 Å². The fourth-order valence-electron chi connectivity index (χ4n) is 3.16. The molecule has 0 radical (unpaired) electrons. The second-order valence-electron chi connectivity index (χ2n) is 6.13. The van der Waals surface area contributed by atoms with E-state index in [4.69, 9.17) is 9.47 Å². The molecule has 1 unspecified atom stereocenters. The van der Waals surface area contributed by atoms with Crippen LogP contribution in [-0.4, -0.2) is 45.9 Å². The first kappa shape index (κ1) is 15.8. The van der Waals surface area contributed by atoms with Gasteiger partial charge >= 0.3 is 0 Å². The van der Waals surface area contributed by atoms with E-state index >= 15 is 0 Å². The summed E-state index contributed by atoms with van der Waals surface area (Å²) in [4.78, 5) is 13.4. The highest BCUT2D eigenvalue weighted by Crippen LogP contribution is 2.29. The van der Waals surface area contributed by atoms with Gasteiger partial charge in [0.1, 0.15) is 5.52 Å². The minimum absolute atomic E-state index is 0.271. The molecule has 1 atom stereocenters. The Morgan fingerprint density at radius 3 is 3.12 bits per heavy atom. The molecule has 0 bridgehead atoms. The van der Waals surface area contributed by atoms with Crippen molar-refractivity contribution in [3.05, 3.63) is 30.6 Å². The van der Waals surface area contributed by atoms with Crippen LogP contribution < -0.4 is 10.1 Å². The standard InChI is InChI=1S/C18H21N5O2/c1-23-16-9-14(13-6-3-7-19-17(13)24-2)20-11-15(16)22-18(23)21-10-12-5-4-8-25-12/h3,6-7,9,11-12H,4-5,8,10H2,1-2H3,(H,21,22). The number of aromatic nitrogens is 4. The molecule has 1 aliphatic rings. The molecule has 3 aromatic rings. The van der Waals surface area contributed by atoms with E-state index in [9.17, 15) is 0 Å². The van der Waals surface area contributed by atoms with Crippen molar-refractivity contribution in [2.45, 2.75) is 18.9 Å². The molecule has 0 saturated carbocycles. The SMILES string of the molecule is COc1ncccc1-c1cc2c(cn1)nc(NCC1CCCO1)n2C. The Bertz CT molecular complexity index is 886. The Labute approximate surface area is 146 Å². The number of hydrogen-bond acceptors (Lipinski definition) is 6. The second kappa shape index (κ2) is 6.68. The Morgan fingerprint density at radius 2 is 2.32 bits per heavy atom. The lowest BCUT2D eigenvalue weighted by atomic mass is 10.1. The summed E-state index contributed by atoms with van der Waals surface area (Å²) < 4.78 is 13.0. The van der Waals surface area contributed by atoms with Crippen molar-refractivity contribution in [3.63, 3.8) is 0 Å². The molecular weight excluding hydrogens is 318 g/mol. The quantitative estimate of drug-likeness (QED) is 0.770. The predicted molar refractivity (Wildman–Crippen MR) is 95.8 cm³/mol. The average molecular weight is 339 g/mol. The average Bonchev–Trinajstić information content (AvgIpc) is 3.28. The van der Waals surface area contributed by atoms with Crippen LogP contribution in [0.15, 0.2) is 30.6 Å².